The summed E-state index contributed by atoms with van der Waals surface area (Å²) in [6.45, 7) is 7.45. The summed E-state index contributed by atoms with van der Waals surface area (Å²) in [6.07, 6.45) is 3.78. The molecular formula is C22H33NO4. The van der Waals surface area contributed by atoms with Gasteiger partial charge < -0.3 is 19.9 Å². The monoisotopic (exact) mass is 375 g/mol. The van der Waals surface area contributed by atoms with E-state index in [1.54, 1.807) is 0 Å². The lowest BCUT2D eigenvalue weighted by atomic mass is 9.78. The van der Waals surface area contributed by atoms with E-state index in [0.29, 0.717) is 31.2 Å². The lowest BCUT2D eigenvalue weighted by Gasteiger charge is -2.38. The fraction of sp³-hybridized carbons (Fsp3) is 0.591. The Morgan fingerprint density at radius 1 is 1.30 bits per heavy atom. The minimum absolute atomic E-state index is 0.137. The van der Waals surface area contributed by atoms with Crippen LogP contribution < -0.4 is 5.32 Å². The van der Waals surface area contributed by atoms with Crippen LogP contribution in [-0.4, -0.2) is 37.1 Å². The Morgan fingerprint density at radius 3 is 2.67 bits per heavy atom. The zero-order valence-corrected chi connectivity index (χ0v) is 16.7. The predicted octanol–water partition coefficient (Wildman–Crippen LogP) is 3.28. The summed E-state index contributed by atoms with van der Waals surface area (Å²) >= 11 is 0. The molecular weight excluding hydrogens is 342 g/mol. The van der Waals surface area contributed by atoms with Gasteiger partial charge in [-0.25, -0.2) is 0 Å². The van der Waals surface area contributed by atoms with Gasteiger partial charge >= 0.3 is 0 Å². The molecule has 0 radical (unpaired) electrons. The zero-order valence-electron chi connectivity index (χ0n) is 16.7. The Morgan fingerprint density at radius 2 is 2.04 bits per heavy atom. The maximum absolute atomic E-state index is 12.6. The molecule has 1 heterocycles. The molecule has 0 saturated heterocycles. The maximum Gasteiger partial charge on any atom is 0.286 e. The van der Waals surface area contributed by atoms with E-state index in [1.165, 1.54) is 5.56 Å². The number of benzene rings is 1. The van der Waals surface area contributed by atoms with Gasteiger partial charge in [0.2, 0.25) is 6.29 Å². The number of aliphatic hydroxyl groups excluding tert-OH is 1. The third-order valence-corrected chi connectivity index (χ3v) is 4.99. The van der Waals surface area contributed by atoms with E-state index in [-0.39, 0.29) is 24.3 Å². The van der Waals surface area contributed by atoms with Crippen LogP contribution in [-0.2, 0) is 20.7 Å². The van der Waals surface area contributed by atoms with Crippen LogP contribution in [0.1, 0.15) is 39.2 Å². The Labute approximate surface area is 162 Å². The van der Waals surface area contributed by atoms with Gasteiger partial charge in [-0.1, -0.05) is 44.2 Å². The Kier molecular flexibility index (Phi) is 8.82. The average molecular weight is 376 g/mol. The molecule has 0 aromatic heterocycles. The number of ether oxygens (including phenoxy) is 2. The summed E-state index contributed by atoms with van der Waals surface area (Å²) in [4.78, 5) is 12.6. The highest BCUT2D eigenvalue weighted by Crippen LogP contribution is 2.36. The lowest BCUT2D eigenvalue weighted by Crippen LogP contribution is -2.41. The first kappa shape index (κ1) is 21.5. The molecule has 0 fully saturated rings. The van der Waals surface area contributed by atoms with E-state index in [0.717, 1.165) is 12.8 Å². The fourth-order valence-corrected chi connectivity index (χ4v) is 3.58. The van der Waals surface area contributed by atoms with E-state index >= 15 is 0 Å². The number of allylic oxidation sites excluding steroid dienone is 1. The highest BCUT2D eigenvalue weighted by Gasteiger charge is 2.38. The molecule has 2 rings (SSSR count). The Hall–Kier alpha value is -1.85. The highest BCUT2D eigenvalue weighted by atomic mass is 16.7. The number of hydrogen-bond donors (Lipinski definition) is 2. The molecule has 27 heavy (non-hydrogen) atoms. The Bertz CT molecular complexity index is 600. The predicted molar refractivity (Wildman–Crippen MR) is 106 cm³/mol. The van der Waals surface area contributed by atoms with Crippen molar-refractivity contribution in [3.8, 4) is 0 Å². The van der Waals surface area contributed by atoms with Crippen LogP contribution >= 0.6 is 0 Å². The number of amides is 1. The molecule has 5 nitrogen and oxygen atoms in total. The van der Waals surface area contributed by atoms with Crippen LogP contribution in [0.3, 0.4) is 0 Å². The van der Waals surface area contributed by atoms with Crippen LogP contribution in [0.4, 0.5) is 0 Å². The van der Waals surface area contributed by atoms with Crippen molar-refractivity contribution < 1.29 is 19.4 Å². The fourth-order valence-electron chi connectivity index (χ4n) is 3.58. The minimum atomic E-state index is -0.450. The van der Waals surface area contributed by atoms with Crippen LogP contribution in [0.2, 0.25) is 0 Å². The third-order valence-electron chi connectivity index (χ3n) is 4.99. The van der Waals surface area contributed by atoms with E-state index in [4.69, 9.17) is 9.47 Å². The standard InChI is InChI=1S/C22H33NO4/c1-4-26-22-18(11-8-14-24)19(16(2)3)15-20(27-22)21(25)23-13-12-17-9-6-5-7-10-17/h5-7,9-10,15-16,18-19,22,24H,4,8,11-14H2,1-3H3,(H,23,25)/t18-,19-,22-/m1/s1. The van der Waals surface area contributed by atoms with Gasteiger partial charge in [-0.15, -0.1) is 0 Å². The van der Waals surface area contributed by atoms with Gasteiger partial charge in [0.1, 0.15) is 0 Å². The van der Waals surface area contributed by atoms with Crippen molar-refractivity contribution in [2.75, 3.05) is 19.8 Å². The van der Waals surface area contributed by atoms with E-state index in [9.17, 15) is 9.90 Å². The number of nitrogens with one attached hydrogen (secondary N) is 1. The van der Waals surface area contributed by atoms with Crippen molar-refractivity contribution >= 4 is 5.91 Å². The first-order valence-corrected chi connectivity index (χ1v) is 9.99. The summed E-state index contributed by atoms with van der Waals surface area (Å²) in [5.41, 5.74) is 1.19. The van der Waals surface area contributed by atoms with Gasteiger partial charge in [0.15, 0.2) is 5.76 Å². The van der Waals surface area contributed by atoms with Crippen LogP contribution in [0.25, 0.3) is 0 Å². The molecule has 1 aliphatic heterocycles. The quantitative estimate of drug-likeness (QED) is 0.659. The normalized spacial score (nSPS) is 22.3. The second-order valence-electron chi connectivity index (χ2n) is 7.32. The summed E-state index contributed by atoms with van der Waals surface area (Å²) in [6, 6.07) is 10.1. The van der Waals surface area contributed by atoms with E-state index in [2.05, 4.69) is 19.2 Å². The molecule has 0 unspecified atom stereocenters. The SMILES string of the molecule is CCO[C@@H]1OC(C(=O)NCCc2ccccc2)=C[C@H](C(C)C)[C@H]1CCCO. The van der Waals surface area contributed by atoms with Gasteiger partial charge in [-0.3, -0.25) is 4.79 Å². The number of carbonyl (C=O) groups is 1. The van der Waals surface area contributed by atoms with Gasteiger partial charge in [-0.2, -0.15) is 0 Å². The largest absolute Gasteiger partial charge is 0.459 e. The number of rotatable bonds is 10. The van der Waals surface area contributed by atoms with E-state index in [1.807, 2.05) is 43.3 Å². The minimum Gasteiger partial charge on any atom is -0.459 e. The van der Waals surface area contributed by atoms with Gasteiger partial charge in [0, 0.05) is 25.7 Å². The van der Waals surface area contributed by atoms with Gasteiger partial charge in [-0.05, 0) is 49.7 Å². The molecule has 3 atom stereocenters. The molecule has 1 amide bonds. The lowest BCUT2D eigenvalue weighted by molar-refractivity contribution is -0.175. The smallest absolute Gasteiger partial charge is 0.286 e. The number of hydrogen-bond acceptors (Lipinski definition) is 4. The van der Waals surface area contributed by atoms with Crippen molar-refractivity contribution in [1.29, 1.82) is 0 Å². The first-order chi connectivity index (χ1) is 13.1. The van der Waals surface area contributed by atoms with Crippen molar-refractivity contribution in [2.24, 2.45) is 17.8 Å². The van der Waals surface area contributed by atoms with Gasteiger partial charge in [0.25, 0.3) is 5.91 Å². The molecule has 1 aromatic carbocycles. The van der Waals surface area contributed by atoms with Crippen molar-refractivity contribution in [2.45, 2.75) is 46.3 Å². The summed E-state index contributed by atoms with van der Waals surface area (Å²) < 4.78 is 11.7. The van der Waals surface area contributed by atoms with Crippen molar-refractivity contribution in [1.82, 2.24) is 5.32 Å². The summed E-state index contributed by atoms with van der Waals surface area (Å²) in [5, 5.41) is 12.2. The molecule has 2 N–H and O–H groups in total. The number of carbonyl (C=O) groups excluding carboxylic acids is 1. The van der Waals surface area contributed by atoms with Crippen LogP contribution in [0, 0.1) is 17.8 Å². The highest BCUT2D eigenvalue weighted by molar-refractivity contribution is 5.91. The van der Waals surface area contributed by atoms with Crippen LogP contribution in [0.15, 0.2) is 42.2 Å². The molecule has 0 bridgehead atoms. The number of aliphatic hydroxyl groups is 1. The average Bonchev–Trinajstić information content (AvgIpc) is 2.67. The second kappa shape index (κ2) is 11.1. The molecule has 150 valence electrons. The van der Waals surface area contributed by atoms with E-state index < -0.39 is 6.29 Å². The maximum atomic E-state index is 12.6. The molecule has 5 heteroatoms. The molecule has 1 aliphatic rings. The molecule has 1 aromatic rings. The van der Waals surface area contributed by atoms with Crippen LogP contribution in [0.5, 0.6) is 0 Å². The second-order valence-corrected chi connectivity index (χ2v) is 7.32. The molecule has 0 spiro atoms. The molecule has 0 aliphatic carbocycles. The summed E-state index contributed by atoms with van der Waals surface area (Å²) in [5.74, 6) is 0.824. The first-order valence-electron chi connectivity index (χ1n) is 9.99. The Balaban J connectivity index is 2.03. The molecule has 0 saturated carbocycles. The zero-order chi connectivity index (χ0) is 19.6. The van der Waals surface area contributed by atoms with Crippen molar-refractivity contribution in [3.05, 3.63) is 47.7 Å². The van der Waals surface area contributed by atoms with Crippen molar-refractivity contribution in [3.63, 3.8) is 0 Å². The topological polar surface area (TPSA) is 67.8 Å². The third kappa shape index (κ3) is 6.36. The summed E-state index contributed by atoms with van der Waals surface area (Å²) in [7, 11) is 0. The van der Waals surface area contributed by atoms with Gasteiger partial charge in [0.05, 0.1) is 0 Å².